The van der Waals surface area contributed by atoms with E-state index < -0.39 is 10.8 Å². The molecule has 2 fully saturated rings. The first kappa shape index (κ1) is 18.4. The quantitative estimate of drug-likeness (QED) is 0.783. The van der Waals surface area contributed by atoms with Crippen LogP contribution in [0, 0.1) is 11.8 Å². The number of rotatable bonds is 3. The Hall–Kier alpha value is -0.910. The van der Waals surface area contributed by atoms with E-state index in [1.807, 2.05) is 37.5 Å². The van der Waals surface area contributed by atoms with Gasteiger partial charge in [0.1, 0.15) is 0 Å². The lowest BCUT2D eigenvalue weighted by atomic mass is 9.94. The molecule has 2 saturated heterocycles. The summed E-state index contributed by atoms with van der Waals surface area (Å²) in [5.74, 6) is 0.812. The monoisotopic (exact) mass is 342 g/mol. The Morgan fingerprint density at radius 2 is 1.96 bits per heavy atom. The third-order valence-corrected chi connectivity index (χ3v) is 7.33. The van der Waals surface area contributed by atoms with Crippen molar-refractivity contribution in [1.82, 2.24) is 9.80 Å². The number of carbonyl (C=O) groups excluding carboxylic acids is 2. The molecule has 0 spiro atoms. The van der Waals surface area contributed by atoms with Crippen LogP contribution in [0.4, 0.5) is 0 Å². The number of hydrogen-bond donors (Lipinski definition) is 0. The average molecular weight is 343 g/mol. The van der Waals surface area contributed by atoms with Gasteiger partial charge in [-0.15, -0.1) is 0 Å². The molecule has 2 heterocycles. The first-order valence-corrected chi connectivity index (χ1v) is 10.2. The maximum absolute atomic E-state index is 12.9. The summed E-state index contributed by atoms with van der Waals surface area (Å²) in [6, 6.07) is 0.0118. The van der Waals surface area contributed by atoms with Crippen LogP contribution < -0.4 is 0 Å². The van der Waals surface area contributed by atoms with E-state index in [1.165, 1.54) is 0 Å². The molecule has 0 saturated carbocycles. The van der Waals surface area contributed by atoms with Crippen LogP contribution in [0.25, 0.3) is 0 Å². The zero-order valence-corrected chi connectivity index (χ0v) is 15.6. The third kappa shape index (κ3) is 3.95. The lowest BCUT2D eigenvalue weighted by Crippen LogP contribution is -2.56. The zero-order chi connectivity index (χ0) is 17.1. The van der Waals surface area contributed by atoms with Crippen molar-refractivity contribution < 1.29 is 13.8 Å². The summed E-state index contributed by atoms with van der Waals surface area (Å²) in [6.45, 7) is 9.81. The number of likely N-dealkylation sites (tertiary alicyclic amines) is 1. The summed E-state index contributed by atoms with van der Waals surface area (Å²) in [6.07, 6.45) is 2.58. The van der Waals surface area contributed by atoms with E-state index in [1.54, 1.807) is 0 Å². The standard InChI is InChI=1S/C17H30N2O3S/c1-5-12(2)16(20)18-8-6-7-15(11-18)17(21)19-9-10-23(22)14(4)13(19)3/h12-15H,5-11H2,1-4H3. The van der Waals surface area contributed by atoms with E-state index in [0.29, 0.717) is 18.8 Å². The molecule has 0 aromatic rings. The minimum Gasteiger partial charge on any atom is -0.342 e. The van der Waals surface area contributed by atoms with E-state index in [0.717, 1.165) is 25.8 Å². The molecule has 0 bridgehead atoms. The number of amides is 2. The van der Waals surface area contributed by atoms with Gasteiger partial charge >= 0.3 is 0 Å². The Morgan fingerprint density at radius 3 is 2.61 bits per heavy atom. The predicted molar refractivity (Wildman–Crippen MR) is 92.4 cm³/mol. The Labute approximate surface area is 142 Å². The van der Waals surface area contributed by atoms with E-state index in [2.05, 4.69) is 0 Å². The molecular formula is C17H30N2O3S. The Morgan fingerprint density at radius 1 is 1.26 bits per heavy atom. The van der Waals surface area contributed by atoms with Crippen LogP contribution in [0.1, 0.15) is 47.0 Å². The smallest absolute Gasteiger partial charge is 0.227 e. The Bertz CT molecular complexity index is 482. The molecule has 0 N–H and O–H groups in total. The van der Waals surface area contributed by atoms with Crippen LogP contribution in [0.2, 0.25) is 0 Å². The highest BCUT2D eigenvalue weighted by molar-refractivity contribution is 7.85. The molecule has 0 radical (unpaired) electrons. The molecule has 6 heteroatoms. The predicted octanol–water partition coefficient (Wildman–Crippen LogP) is 1.64. The maximum Gasteiger partial charge on any atom is 0.227 e. The lowest BCUT2D eigenvalue weighted by Gasteiger charge is -2.41. The molecule has 0 aromatic heterocycles. The molecule has 2 aliphatic heterocycles. The molecule has 132 valence electrons. The molecule has 5 nitrogen and oxygen atoms in total. The van der Waals surface area contributed by atoms with Gasteiger partial charge in [-0.05, 0) is 33.1 Å². The van der Waals surface area contributed by atoms with Gasteiger partial charge in [0.25, 0.3) is 0 Å². The molecule has 23 heavy (non-hydrogen) atoms. The van der Waals surface area contributed by atoms with E-state index in [4.69, 9.17) is 0 Å². The van der Waals surface area contributed by atoms with Gasteiger partial charge < -0.3 is 9.80 Å². The largest absolute Gasteiger partial charge is 0.342 e. The van der Waals surface area contributed by atoms with Crippen molar-refractivity contribution in [2.75, 3.05) is 25.4 Å². The molecule has 2 amide bonds. The van der Waals surface area contributed by atoms with Crippen LogP contribution in [0.15, 0.2) is 0 Å². The van der Waals surface area contributed by atoms with E-state index in [9.17, 15) is 13.8 Å². The van der Waals surface area contributed by atoms with Crippen molar-refractivity contribution >= 4 is 22.6 Å². The van der Waals surface area contributed by atoms with Gasteiger partial charge in [-0.1, -0.05) is 13.8 Å². The van der Waals surface area contributed by atoms with Gasteiger partial charge in [0.05, 0.1) is 11.2 Å². The molecule has 2 aliphatic rings. The average Bonchev–Trinajstić information content (AvgIpc) is 2.58. The Kier molecular flexibility index (Phi) is 6.23. The van der Waals surface area contributed by atoms with Gasteiger partial charge in [0, 0.05) is 48.1 Å². The second kappa shape index (κ2) is 7.77. The summed E-state index contributed by atoms with van der Waals surface area (Å²) in [4.78, 5) is 29.1. The SMILES string of the molecule is CCC(C)C(=O)N1CCCC(C(=O)N2CCS(=O)C(C)C2C)C1. The van der Waals surface area contributed by atoms with Crippen LogP contribution in [0.5, 0.6) is 0 Å². The summed E-state index contributed by atoms with van der Waals surface area (Å²) < 4.78 is 11.9. The fraction of sp³-hybridized carbons (Fsp3) is 0.882. The van der Waals surface area contributed by atoms with Gasteiger partial charge in [-0.2, -0.15) is 0 Å². The highest BCUT2D eigenvalue weighted by Crippen LogP contribution is 2.25. The second-order valence-electron chi connectivity index (χ2n) is 6.99. The van der Waals surface area contributed by atoms with Gasteiger partial charge in [0.2, 0.25) is 11.8 Å². The van der Waals surface area contributed by atoms with Crippen molar-refractivity contribution in [3.8, 4) is 0 Å². The molecule has 2 rings (SSSR count). The molecule has 5 atom stereocenters. The van der Waals surface area contributed by atoms with Crippen LogP contribution >= 0.6 is 0 Å². The van der Waals surface area contributed by atoms with Crippen molar-refractivity contribution in [3.63, 3.8) is 0 Å². The minimum atomic E-state index is -0.837. The van der Waals surface area contributed by atoms with Crippen molar-refractivity contribution in [2.45, 2.75) is 58.2 Å². The first-order valence-electron chi connectivity index (χ1n) is 8.83. The topological polar surface area (TPSA) is 57.7 Å². The number of piperidine rings is 1. The summed E-state index contributed by atoms with van der Waals surface area (Å²) >= 11 is 0. The van der Waals surface area contributed by atoms with Crippen LogP contribution in [-0.4, -0.2) is 62.5 Å². The van der Waals surface area contributed by atoms with Gasteiger partial charge in [-0.25, -0.2) is 0 Å². The molecular weight excluding hydrogens is 312 g/mol. The van der Waals surface area contributed by atoms with E-state index >= 15 is 0 Å². The summed E-state index contributed by atoms with van der Waals surface area (Å²) in [7, 11) is -0.837. The van der Waals surface area contributed by atoms with Gasteiger partial charge in [-0.3, -0.25) is 13.8 Å². The highest BCUT2D eigenvalue weighted by atomic mass is 32.2. The number of nitrogens with zero attached hydrogens (tertiary/aromatic N) is 2. The maximum atomic E-state index is 12.9. The van der Waals surface area contributed by atoms with Crippen LogP contribution in [-0.2, 0) is 20.4 Å². The second-order valence-corrected chi connectivity index (χ2v) is 8.91. The van der Waals surface area contributed by atoms with Crippen LogP contribution in [0.3, 0.4) is 0 Å². The zero-order valence-electron chi connectivity index (χ0n) is 14.8. The van der Waals surface area contributed by atoms with Crippen molar-refractivity contribution in [1.29, 1.82) is 0 Å². The third-order valence-electron chi connectivity index (χ3n) is 5.52. The molecule has 0 aromatic carbocycles. The number of hydrogen-bond acceptors (Lipinski definition) is 3. The molecule has 0 aliphatic carbocycles. The first-order chi connectivity index (χ1) is 10.9. The fourth-order valence-electron chi connectivity index (χ4n) is 3.46. The highest BCUT2D eigenvalue weighted by Gasteiger charge is 2.38. The van der Waals surface area contributed by atoms with Crippen molar-refractivity contribution in [3.05, 3.63) is 0 Å². The lowest BCUT2D eigenvalue weighted by molar-refractivity contribution is -0.143. The normalized spacial score (nSPS) is 33.4. The summed E-state index contributed by atoms with van der Waals surface area (Å²) in [5.41, 5.74) is 0. The van der Waals surface area contributed by atoms with Crippen molar-refractivity contribution in [2.24, 2.45) is 11.8 Å². The molecule has 5 unspecified atom stereocenters. The number of carbonyl (C=O) groups is 2. The fourth-order valence-corrected chi connectivity index (χ4v) is 4.80. The summed E-state index contributed by atoms with van der Waals surface area (Å²) in [5, 5.41) is 0.0224. The van der Waals surface area contributed by atoms with E-state index in [-0.39, 0.29) is 34.9 Å². The van der Waals surface area contributed by atoms with Gasteiger partial charge in [0.15, 0.2) is 0 Å². The Balaban J connectivity index is 2.02. The minimum absolute atomic E-state index is 0.0118.